The molecule has 0 saturated heterocycles. The van der Waals surface area contributed by atoms with Gasteiger partial charge in [0.1, 0.15) is 0 Å². The predicted molar refractivity (Wildman–Crippen MR) is 62.2 cm³/mol. The van der Waals surface area contributed by atoms with E-state index in [4.69, 9.17) is 28.9 Å². The maximum atomic E-state index is 10.4. The lowest BCUT2D eigenvalue weighted by molar-refractivity contribution is -0.117. The second kappa shape index (κ2) is 5.95. The molecule has 0 aliphatic rings. The molecule has 0 bridgehead atoms. The molecule has 1 rings (SSSR count). The average Bonchev–Trinajstić information content (AvgIpc) is 2.18. The van der Waals surface area contributed by atoms with Gasteiger partial charge in [0.2, 0.25) is 5.91 Å². The zero-order valence-electron chi connectivity index (χ0n) is 8.09. The molecule has 0 radical (unpaired) electrons. The molecule has 0 aliphatic heterocycles. The Morgan fingerprint density at radius 2 is 2.07 bits per heavy atom. The van der Waals surface area contributed by atoms with Gasteiger partial charge in [0.15, 0.2) is 0 Å². The summed E-state index contributed by atoms with van der Waals surface area (Å²) >= 11 is 11.6. The molecule has 0 heterocycles. The van der Waals surface area contributed by atoms with Crippen molar-refractivity contribution >= 4 is 29.1 Å². The summed E-state index contributed by atoms with van der Waals surface area (Å²) in [4.78, 5) is 10.4. The Bertz CT molecular complexity index is 355. The molecular weight excluding hydrogens is 235 g/mol. The van der Waals surface area contributed by atoms with Crippen molar-refractivity contribution in [1.29, 1.82) is 0 Å². The fourth-order valence-corrected chi connectivity index (χ4v) is 1.46. The summed E-state index contributed by atoms with van der Waals surface area (Å²) in [6.45, 7) is 0.877. The fraction of sp³-hybridized carbons (Fsp3) is 0.300. The van der Waals surface area contributed by atoms with E-state index >= 15 is 0 Å². The average molecular weight is 247 g/mol. The van der Waals surface area contributed by atoms with Gasteiger partial charge in [-0.25, -0.2) is 0 Å². The first-order chi connectivity index (χ1) is 7.09. The van der Waals surface area contributed by atoms with E-state index in [-0.39, 0.29) is 12.5 Å². The Labute approximate surface area is 98.5 Å². The van der Waals surface area contributed by atoms with E-state index < -0.39 is 0 Å². The molecular formula is C10H12Cl2N2O. The molecule has 1 aromatic carbocycles. The van der Waals surface area contributed by atoms with E-state index in [0.717, 1.165) is 12.0 Å². The topological polar surface area (TPSA) is 55.1 Å². The number of primary amides is 1. The number of carbonyl (C=O) groups excluding carboxylic acids is 1. The Hall–Kier alpha value is -0.770. The van der Waals surface area contributed by atoms with E-state index in [1.54, 1.807) is 6.07 Å². The minimum atomic E-state index is -0.357. The molecule has 1 amide bonds. The number of amides is 1. The molecule has 0 atom stereocenters. The first kappa shape index (κ1) is 12.3. The summed E-state index contributed by atoms with van der Waals surface area (Å²) in [5, 5.41) is 4.01. The summed E-state index contributed by atoms with van der Waals surface area (Å²) in [6.07, 6.45) is 0.782. The van der Waals surface area contributed by atoms with E-state index in [1.807, 2.05) is 12.1 Å². The van der Waals surface area contributed by atoms with Gasteiger partial charge < -0.3 is 11.1 Å². The van der Waals surface area contributed by atoms with Crippen LogP contribution >= 0.6 is 23.2 Å². The van der Waals surface area contributed by atoms with Crippen molar-refractivity contribution in [2.45, 2.75) is 6.42 Å². The fourth-order valence-electron chi connectivity index (χ4n) is 1.14. The molecule has 0 spiro atoms. The molecule has 82 valence electrons. The van der Waals surface area contributed by atoms with E-state index in [2.05, 4.69) is 5.32 Å². The lowest BCUT2D eigenvalue weighted by Gasteiger charge is -2.04. The first-order valence-electron chi connectivity index (χ1n) is 4.52. The quantitative estimate of drug-likeness (QED) is 0.776. The molecule has 1 aromatic rings. The van der Waals surface area contributed by atoms with Crippen LogP contribution in [0.15, 0.2) is 18.2 Å². The molecule has 3 nitrogen and oxygen atoms in total. The number of benzene rings is 1. The molecule has 0 saturated carbocycles. The Kier molecular flexibility index (Phi) is 4.88. The Morgan fingerprint density at radius 3 is 2.67 bits per heavy atom. The minimum Gasteiger partial charge on any atom is -0.369 e. The predicted octanol–water partition coefficient (Wildman–Crippen LogP) is 1.61. The number of hydrogen-bond donors (Lipinski definition) is 2. The second-order valence-corrected chi connectivity index (χ2v) is 3.96. The van der Waals surface area contributed by atoms with Crippen LogP contribution in [-0.4, -0.2) is 19.0 Å². The molecule has 0 aliphatic carbocycles. The second-order valence-electron chi connectivity index (χ2n) is 3.14. The van der Waals surface area contributed by atoms with Crippen LogP contribution in [0.5, 0.6) is 0 Å². The molecule has 0 fully saturated rings. The van der Waals surface area contributed by atoms with Gasteiger partial charge >= 0.3 is 0 Å². The molecule has 5 heteroatoms. The highest BCUT2D eigenvalue weighted by atomic mass is 35.5. The molecule has 15 heavy (non-hydrogen) atoms. The standard InChI is InChI=1S/C10H12Cl2N2O/c11-8-2-1-7(5-9(8)12)3-4-14-6-10(13)15/h1-2,5,14H,3-4,6H2,(H2,13,15). The van der Waals surface area contributed by atoms with Crippen molar-refractivity contribution in [2.75, 3.05) is 13.1 Å². The highest BCUT2D eigenvalue weighted by Gasteiger charge is 1.99. The van der Waals surface area contributed by atoms with Gasteiger partial charge in [-0.05, 0) is 30.7 Å². The Morgan fingerprint density at radius 1 is 1.33 bits per heavy atom. The van der Waals surface area contributed by atoms with Crippen LogP contribution in [0.4, 0.5) is 0 Å². The van der Waals surface area contributed by atoms with Crippen molar-refractivity contribution < 1.29 is 4.79 Å². The summed E-state index contributed by atoms with van der Waals surface area (Å²) in [5.74, 6) is -0.357. The third-order valence-corrected chi connectivity index (χ3v) is 2.61. The summed E-state index contributed by atoms with van der Waals surface area (Å²) < 4.78 is 0. The van der Waals surface area contributed by atoms with Crippen LogP contribution in [0.3, 0.4) is 0 Å². The van der Waals surface area contributed by atoms with E-state index in [9.17, 15) is 4.79 Å². The van der Waals surface area contributed by atoms with Crippen molar-refractivity contribution in [2.24, 2.45) is 5.73 Å². The SMILES string of the molecule is NC(=O)CNCCc1ccc(Cl)c(Cl)c1. The van der Waals surface area contributed by atoms with Gasteiger partial charge in [0.25, 0.3) is 0 Å². The smallest absolute Gasteiger partial charge is 0.231 e. The maximum Gasteiger partial charge on any atom is 0.231 e. The van der Waals surface area contributed by atoms with Gasteiger partial charge in [-0.3, -0.25) is 4.79 Å². The summed E-state index contributed by atoms with van der Waals surface area (Å²) in [5.41, 5.74) is 6.05. The molecule has 0 aromatic heterocycles. The normalized spacial score (nSPS) is 10.3. The number of carbonyl (C=O) groups is 1. The Balaban J connectivity index is 2.38. The van der Waals surface area contributed by atoms with Crippen molar-refractivity contribution in [3.63, 3.8) is 0 Å². The summed E-state index contributed by atoms with van der Waals surface area (Å²) in [6, 6.07) is 5.48. The van der Waals surface area contributed by atoms with Crippen LogP contribution in [0.1, 0.15) is 5.56 Å². The zero-order valence-corrected chi connectivity index (χ0v) is 9.61. The maximum absolute atomic E-state index is 10.4. The van der Waals surface area contributed by atoms with Crippen LogP contribution in [-0.2, 0) is 11.2 Å². The van der Waals surface area contributed by atoms with Crippen LogP contribution in [0.2, 0.25) is 10.0 Å². The highest BCUT2D eigenvalue weighted by molar-refractivity contribution is 6.42. The number of nitrogens with one attached hydrogen (secondary N) is 1. The number of hydrogen-bond acceptors (Lipinski definition) is 2. The van der Waals surface area contributed by atoms with E-state index in [0.29, 0.717) is 16.6 Å². The van der Waals surface area contributed by atoms with Crippen LogP contribution in [0, 0.1) is 0 Å². The minimum absolute atomic E-state index is 0.196. The largest absolute Gasteiger partial charge is 0.369 e. The molecule has 0 unspecified atom stereocenters. The number of nitrogens with two attached hydrogens (primary N) is 1. The van der Waals surface area contributed by atoms with Crippen molar-refractivity contribution in [1.82, 2.24) is 5.32 Å². The lowest BCUT2D eigenvalue weighted by Crippen LogP contribution is -2.29. The van der Waals surface area contributed by atoms with Crippen LogP contribution < -0.4 is 11.1 Å². The third kappa shape index (κ3) is 4.51. The van der Waals surface area contributed by atoms with Crippen molar-refractivity contribution in [3.05, 3.63) is 33.8 Å². The first-order valence-corrected chi connectivity index (χ1v) is 5.28. The number of rotatable bonds is 5. The van der Waals surface area contributed by atoms with Gasteiger partial charge in [-0.1, -0.05) is 29.3 Å². The molecule has 3 N–H and O–H groups in total. The van der Waals surface area contributed by atoms with Crippen LogP contribution in [0.25, 0.3) is 0 Å². The number of halogens is 2. The zero-order chi connectivity index (χ0) is 11.3. The van der Waals surface area contributed by atoms with Gasteiger partial charge in [-0.2, -0.15) is 0 Å². The van der Waals surface area contributed by atoms with Gasteiger partial charge in [0.05, 0.1) is 16.6 Å². The third-order valence-electron chi connectivity index (χ3n) is 1.87. The van der Waals surface area contributed by atoms with Gasteiger partial charge in [0, 0.05) is 0 Å². The van der Waals surface area contributed by atoms with Gasteiger partial charge in [-0.15, -0.1) is 0 Å². The highest BCUT2D eigenvalue weighted by Crippen LogP contribution is 2.22. The monoisotopic (exact) mass is 246 g/mol. The lowest BCUT2D eigenvalue weighted by atomic mass is 10.1. The van der Waals surface area contributed by atoms with Crippen molar-refractivity contribution in [3.8, 4) is 0 Å². The van der Waals surface area contributed by atoms with E-state index in [1.165, 1.54) is 0 Å². The summed E-state index contributed by atoms with van der Waals surface area (Å²) in [7, 11) is 0.